The molecule has 1 amide bonds. The van der Waals surface area contributed by atoms with Gasteiger partial charge in [-0.1, -0.05) is 25.1 Å². The van der Waals surface area contributed by atoms with Crippen LogP contribution in [0.1, 0.15) is 25.3 Å². The van der Waals surface area contributed by atoms with Gasteiger partial charge in [0.05, 0.1) is 0 Å². The Kier molecular flexibility index (Phi) is 6.39. The summed E-state index contributed by atoms with van der Waals surface area (Å²) in [5.41, 5.74) is 7.42. The second-order valence-electron chi connectivity index (χ2n) is 4.41. The first kappa shape index (κ1) is 14.7. The van der Waals surface area contributed by atoms with Crippen molar-refractivity contribution in [2.45, 2.75) is 26.3 Å². The summed E-state index contributed by atoms with van der Waals surface area (Å²) in [5, 5.41) is 2.92. The third-order valence-electron chi connectivity index (χ3n) is 2.99. The molecule has 100 valence electrons. The molecule has 4 heteroatoms. The van der Waals surface area contributed by atoms with Crippen LogP contribution in [0.3, 0.4) is 0 Å². The van der Waals surface area contributed by atoms with E-state index in [1.807, 2.05) is 24.3 Å². The Morgan fingerprint density at radius 3 is 2.78 bits per heavy atom. The number of carbonyl (C=O) groups is 1. The van der Waals surface area contributed by atoms with E-state index in [2.05, 4.69) is 24.2 Å². The van der Waals surface area contributed by atoms with E-state index in [0.717, 1.165) is 30.8 Å². The number of benzene rings is 1. The molecule has 1 aromatic rings. The zero-order valence-electron chi connectivity index (χ0n) is 11.3. The maximum atomic E-state index is 11.8. The van der Waals surface area contributed by atoms with Crippen LogP contribution in [0.15, 0.2) is 24.3 Å². The molecule has 1 rings (SSSR count). The Morgan fingerprint density at radius 2 is 2.11 bits per heavy atom. The molecule has 0 aliphatic carbocycles. The number of nitrogens with zero attached hydrogens (tertiary/aromatic N) is 1. The minimum Gasteiger partial charge on any atom is -0.326 e. The molecule has 0 aromatic heterocycles. The van der Waals surface area contributed by atoms with Gasteiger partial charge < -0.3 is 16.0 Å². The molecule has 0 fully saturated rings. The van der Waals surface area contributed by atoms with Crippen molar-refractivity contribution in [3.8, 4) is 0 Å². The van der Waals surface area contributed by atoms with Crippen LogP contribution in [0.2, 0.25) is 0 Å². The van der Waals surface area contributed by atoms with E-state index in [9.17, 15) is 4.79 Å². The molecular formula is C14H23N3O. The molecule has 1 aromatic carbocycles. The Bertz CT molecular complexity index is 379. The van der Waals surface area contributed by atoms with Crippen LogP contribution in [0.4, 0.5) is 5.69 Å². The summed E-state index contributed by atoms with van der Waals surface area (Å²) < 4.78 is 0. The monoisotopic (exact) mass is 249 g/mol. The lowest BCUT2D eigenvalue weighted by Crippen LogP contribution is -2.21. The van der Waals surface area contributed by atoms with Gasteiger partial charge in [-0.25, -0.2) is 0 Å². The lowest BCUT2D eigenvalue weighted by molar-refractivity contribution is -0.116. The molecule has 0 saturated heterocycles. The van der Waals surface area contributed by atoms with Gasteiger partial charge in [-0.15, -0.1) is 0 Å². The number of carbonyl (C=O) groups excluding carboxylic acids is 1. The number of hydrogen-bond donors (Lipinski definition) is 2. The quantitative estimate of drug-likeness (QED) is 0.775. The summed E-state index contributed by atoms with van der Waals surface area (Å²) >= 11 is 0. The van der Waals surface area contributed by atoms with Crippen molar-refractivity contribution in [2.24, 2.45) is 5.73 Å². The van der Waals surface area contributed by atoms with Gasteiger partial charge in [-0.2, -0.15) is 0 Å². The molecule has 4 nitrogen and oxygen atoms in total. The highest BCUT2D eigenvalue weighted by Crippen LogP contribution is 2.14. The van der Waals surface area contributed by atoms with Crippen molar-refractivity contribution < 1.29 is 4.79 Å². The third kappa shape index (κ3) is 4.85. The van der Waals surface area contributed by atoms with Crippen LogP contribution in [0.5, 0.6) is 0 Å². The van der Waals surface area contributed by atoms with E-state index in [1.54, 1.807) is 0 Å². The molecule has 3 N–H and O–H groups in total. The third-order valence-corrected chi connectivity index (χ3v) is 2.99. The van der Waals surface area contributed by atoms with Crippen LogP contribution < -0.4 is 11.1 Å². The predicted molar refractivity (Wildman–Crippen MR) is 75.4 cm³/mol. The van der Waals surface area contributed by atoms with Gasteiger partial charge in [-0.05, 0) is 38.2 Å². The molecule has 0 radical (unpaired) electrons. The second-order valence-corrected chi connectivity index (χ2v) is 4.41. The molecule has 0 heterocycles. The molecular weight excluding hydrogens is 226 g/mol. The van der Waals surface area contributed by atoms with Gasteiger partial charge in [0, 0.05) is 18.7 Å². The minimum atomic E-state index is 0.0559. The number of amides is 1. The topological polar surface area (TPSA) is 58.4 Å². The summed E-state index contributed by atoms with van der Waals surface area (Å²) in [7, 11) is 2.06. The first-order chi connectivity index (χ1) is 8.67. The van der Waals surface area contributed by atoms with Crippen LogP contribution in [-0.4, -0.2) is 30.9 Å². The average molecular weight is 249 g/mol. The van der Waals surface area contributed by atoms with Gasteiger partial charge in [0.15, 0.2) is 0 Å². The van der Waals surface area contributed by atoms with Crippen molar-refractivity contribution in [1.82, 2.24) is 4.90 Å². The molecule has 0 saturated carbocycles. The number of rotatable bonds is 7. The van der Waals surface area contributed by atoms with Crippen molar-refractivity contribution in [2.75, 3.05) is 25.5 Å². The lowest BCUT2D eigenvalue weighted by Gasteiger charge is -2.13. The highest BCUT2D eigenvalue weighted by Gasteiger charge is 2.05. The standard InChI is InChI=1S/C14H23N3O/c1-3-17(2)10-6-9-14(18)16-13-8-5-4-7-12(13)11-15/h4-5,7-8H,3,6,9-11,15H2,1-2H3,(H,16,18). The summed E-state index contributed by atoms with van der Waals surface area (Å²) in [4.78, 5) is 14.0. The van der Waals surface area contributed by atoms with E-state index in [-0.39, 0.29) is 5.91 Å². The molecule has 0 atom stereocenters. The van der Waals surface area contributed by atoms with Crippen LogP contribution in [0.25, 0.3) is 0 Å². The smallest absolute Gasteiger partial charge is 0.224 e. The Morgan fingerprint density at radius 1 is 1.39 bits per heavy atom. The van der Waals surface area contributed by atoms with Crippen molar-refractivity contribution in [1.29, 1.82) is 0 Å². The van der Waals surface area contributed by atoms with E-state index >= 15 is 0 Å². The Hall–Kier alpha value is -1.39. The molecule has 0 spiro atoms. The fourth-order valence-electron chi connectivity index (χ4n) is 1.70. The fourth-order valence-corrected chi connectivity index (χ4v) is 1.70. The first-order valence-electron chi connectivity index (χ1n) is 6.43. The fraction of sp³-hybridized carbons (Fsp3) is 0.500. The number of anilines is 1. The van der Waals surface area contributed by atoms with Crippen LogP contribution >= 0.6 is 0 Å². The van der Waals surface area contributed by atoms with Crippen molar-refractivity contribution in [3.05, 3.63) is 29.8 Å². The minimum absolute atomic E-state index is 0.0559. The number of nitrogens with two attached hydrogens (primary N) is 1. The lowest BCUT2D eigenvalue weighted by atomic mass is 10.1. The van der Waals surface area contributed by atoms with Gasteiger partial charge >= 0.3 is 0 Å². The Balaban J connectivity index is 2.40. The molecule has 0 bridgehead atoms. The summed E-state index contributed by atoms with van der Waals surface area (Å²) in [6, 6.07) is 7.65. The Labute approximate surface area is 109 Å². The van der Waals surface area contributed by atoms with E-state index in [1.165, 1.54) is 0 Å². The predicted octanol–water partition coefficient (Wildman–Crippen LogP) is 1.82. The summed E-state index contributed by atoms with van der Waals surface area (Å²) in [6.07, 6.45) is 1.42. The maximum Gasteiger partial charge on any atom is 0.224 e. The normalized spacial score (nSPS) is 10.7. The average Bonchev–Trinajstić information content (AvgIpc) is 2.39. The first-order valence-corrected chi connectivity index (χ1v) is 6.43. The highest BCUT2D eigenvalue weighted by molar-refractivity contribution is 5.91. The summed E-state index contributed by atoms with van der Waals surface area (Å²) in [6.45, 7) is 4.51. The number of nitrogens with one attached hydrogen (secondary N) is 1. The number of para-hydroxylation sites is 1. The van der Waals surface area contributed by atoms with Gasteiger partial charge in [0.2, 0.25) is 5.91 Å². The van der Waals surface area contributed by atoms with Crippen LogP contribution in [0, 0.1) is 0 Å². The van der Waals surface area contributed by atoms with E-state index in [0.29, 0.717) is 13.0 Å². The van der Waals surface area contributed by atoms with Gasteiger partial charge in [0.1, 0.15) is 0 Å². The summed E-state index contributed by atoms with van der Waals surface area (Å²) in [5.74, 6) is 0.0559. The van der Waals surface area contributed by atoms with Crippen LogP contribution in [-0.2, 0) is 11.3 Å². The molecule has 0 aliphatic rings. The van der Waals surface area contributed by atoms with E-state index < -0.39 is 0 Å². The zero-order valence-corrected chi connectivity index (χ0v) is 11.3. The van der Waals surface area contributed by atoms with Gasteiger partial charge in [0.25, 0.3) is 0 Å². The molecule has 0 aliphatic heterocycles. The largest absolute Gasteiger partial charge is 0.326 e. The van der Waals surface area contributed by atoms with Gasteiger partial charge in [-0.3, -0.25) is 4.79 Å². The van der Waals surface area contributed by atoms with Crippen molar-refractivity contribution in [3.63, 3.8) is 0 Å². The second kappa shape index (κ2) is 7.84. The zero-order chi connectivity index (χ0) is 13.4. The van der Waals surface area contributed by atoms with E-state index in [4.69, 9.17) is 5.73 Å². The highest BCUT2D eigenvalue weighted by atomic mass is 16.1. The SMILES string of the molecule is CCN(C)CCCC(=O)Nc1ccccc1CN. The molecule has 18 heavy (non-hydrogen) atoms. The molecule has 0 unspecified atom stereocenters. The maximum absolute atomic E-state index is 11.8. The number of hydrogen-bond acceptors (Lipinski definition) is 3. The van der Waals surface area contributed by atoms with Crippen molar-refractivity contribution >= 4 is 11.6 Å².